The van der Waals surface area contributed by atoms with Crippen molar-refractivity contribution in [3.05, 3.63) is 102 Å². The van der Waals surface area contributed by atoms with E-state index >= 15 is 0 Å². The Morgan fingerprint density at radius 1 is 1.08 bits per heavy atom. The van der Waals surface area contributed by atoms with Crippen LogP contribution < -0.4 is 20.4 Å². The summed E-state index contributed by atoms with van der Waals surface area (Å²) in [7, 11) is 5.57. The average Bonchev–Trinajstić information content (AvgIpc) is 3.55. The first kappa shape index (κ1) is 26.4. The minimum atomic E-state index is -0.196. The van der Waals surface area contributed by atoms with Gasteiger partial charge in [0.05, 0.1) is 11.7 Å². The number of hydrogen-bond acceptors (Lipinski definition) is 5. The highest BCUT2D eigenvalue weighted by Crippen LogP contribution is 2.43. The Balaban J connectivity index is 1.57. The third-order valence-corrected chi connectivity index (χ3v) is 7.18. The fraction of sp³-hybridized carbons (Fsp3) is 0.233. The van der Waals surface area contributed by atoms with Gasteiger partial charge in [-0.15, -0.1) is 0 Å². The molecule has 8 nitrogen and oxygen atoms in total. The van der Waals surface area contributed by atoms with Gasteiger partial charge in [0, 0.05) is 62.0 Å². The number of anilines is 3. The van der Waals surface area contributed by atoms with Crippen LogP contribution in [0.2, 0.25) is 0 Å². The van der Waals surface area contributed by atoms with E-state index in [0.29, 0.717) is 5.11 Å². The molecule has 200 valence electrons. The van der Waals surface area contributed by atoms with E-state index in [4.69, 9.17) is 17.0 Å². The molecule has 1 saturated heterocycles. The molecule has 0 radical (unpaired) electrons. The molecular weight excluding hydrogens is 508 g/mol. The van der Waals surface area contributed by atoms with Gasteiger partial charge in [0.15, 0.2) is 5.11 Å². The van der Waals surface area contributed by atoms with Crippen molar-refractivity contribution in [1.82, 2.24) is 14.9 Å². The number of benzene rings is 2. The van der Waals surface area contributed by atoms with E-state index in [2.05, 4.69) is 72.6 Å². The van der Waals surface area contributed by atoms with E-state index in [9.17, 15) is 4.79 Å². The number of amides is 1. The van der Waals surface area contributed by atoms with E-state index in [1.54, 1.807) is 6.20 Å². The van der Waals surface area contributed by atoms with E-state index in [1.165, 1.54) is 7.11 Å². The second-order valence-corrected chi connectivity index (χ2v) is 10.1. The van der Waals surface area contributed by atoms with Gasteiger partial charge in [0.1, 0.15) is 12.6 Å². The quantitative estimate of drug-likeness (QED) is 0.305. The van der Waals surface area contributed by atoms with Crippen molar-refractivity contribution in [1.29, 1.82) is 0 Å². The number of thiocarbonyl (C=S) groups is 1. The number of carbonyl (C=O) groups excluding carboxylic acids is 1. The lowest BCUT2D eigenvalue weighted by Gasteiger charge is -2.29. The van der Waals surface area contributed by atoms with Crippen molar-refractivity contribution in [2.75, 3.05) is 42.9 Å². The number of carbonyl (C=O) groups is 1. The summed E-state index contributed by atoms with van der Waals surface area (Å²) in [4.78, 5) is 21.0. The molecule has 1 aliphatic heterocycles. The predicted molar refractivity (Wildman–Crippen MR) is 160 cm³/mol. The first-order chi connectivity index (χ1) is 18.9. The molecule has 1 fully saturated rings. The van der Waals surface area contributed by atoms with Crippen molar-refractivity contribution in [2.24, 2.45) is 0 Å². The fourth-order valence-electron chi connectivity index (χ4n) is 4.97. The zero-order chi connectivity index (χ0) is 27.5. The SMILES string of the molecule is COCC(=O)Nc1ccc(N2C(=S)N[C@H](c3ccccn3)[C@@H]2c2cccn2-c2ccc(N(C)C)cc2)cc1C. The van der Waals surface area contributed by atoms with Crippen molar-refractivity contribution in [3.63, 3.8) is 0 Å². The lowest BCUT2D eigenvalue weighted by atomic mass is 10.00. The van der Waals surface area contributed by atoms with Crippen LogP contribution in [0, 0.1) is 6.92 Å². The summed E-state index contributed by atoms with van der Waals surface area (Å²) in [6.07, 6.45) is 3.88. The van der Waals surface area contributed by atoms with Crippen LogP contribution >= 0.6 is 12.2 Å². The first-order valence-corrected chi connectivity index (χ1v) is 13.1. The minimum Gasteiger partial charge on any atom is -0.378 e. The molecule has 0 spiro atoms. The Morgan fingerprint density at radius 3 is 2.51 bits per heavy atom. The number of methoxy groups -OCH3 is 1. The van der Waals surface area contributed by atoms with Gasteiger partial charge in [-0.3, -0.25) is 9.78 Å². The molecule has 0 aliphatic carbocycles. The summed E-state index contributed by atoms with van der Waals surface area (Å²) in [5.41, 5.74) is 6.76. The van der Waals surface area contributed by atoms with Gasteiger partial charge in [-0.1, -0.05) is 6.07 Å². The number of pyridine rings is 1. The van der Waals surface area contributed by atoms with Crippen molar-refractivity contribution >= 4 is 40.3 Å². The van der Waals surface area contributed by atoms with Crippen molar-refractivity contribution in [3.8, 4) is 5.69 Å². The minimum absolute atomic E-state index is 0.00165. The molecule has 2 atom stereocenters. The lowest BCUT2D eigenvalue weighted by molar-refractivity contribution is -0.119. The number of nitrogens with one attached hydrogen (secondary N) is 2. The van der Waals surface area contributed by atoms with E-state index in [-0.39, 0.29) is 24.6 Å². The van der Waals surface area contributed by atoms with Crippen LogP contribution in [-0.2, 0) is 9.53 Å². The number of aromatic nitrogens is 2. The van der Waals surface area contributed by atoms with Crippen LogP contribution in [0.3, 0.4) is 0 Å². The van der Waals surface area contributed by atoms with E-state index in [0.717, 1.165) is 39.7 Å². The second kappa shape index (κ2) is 11.3. The maximum absolute atomic E-state index is 12.1. The number of ether oxygens (including phenoxy) is 1. The Hall–Kier alpha value is -4.21. The van der Waals surface area contributed by atoms with Crippen LogP contribution in [0.5, 0.6) is 0 Å². The molecular formula is C30H32N6O2S. The number of rotatable bonds is 8. The average molecular weight is 541 g/mol. The molecule has 5 rings (SSSR count). The molecule has 39 heavy (non-hydrogen) atoms. The molecule has 4 aromatic rings. The summed E-state index contributed by atoms with van der Waals surface area (Å²) >= 11 is 5.92. The third kappa shape index (κ3) is 5.36. The molecule has 9 heteroatoms. The predicted octanol–water partition coefficient (Wildman–Crippen LogP) is 5.01. The smallest absolute Gasteiger partial charge is 0.250 e. The van der Waals surface area contributed by atoms with Gasteiger partial charge < -0.3 is 29.7 Å². The van der Waals surface area contributed by atoms with E-state index in [1.807, 2.05) is 57.4 Å². The van der Waals surface area contributed by atoms with Crippen LogP contribution in [0.4, 0.5) is 17.1 Å². The molecule has 0 bridgehead atoms. The van der Waals surface area contributed by atoms with Gasteiger partial charge in [-0.25, -0.2) is 0 Å². The van der Waals surface area contributed by atoms with Crippen LogP contribution in [0.25, 0.3) is 5.69 Å². The van der Waals surface area contributed by atoms with Gasteiger partial charge >= 0.3 is 0 Å². The summed E-state index contributed by atoms with van der Waals surface area (Å²) in [6.45, 7) is 1.97. The summed E-state index contributed by atoms with van der Waals surface area (Å²) in [6, 6.07) is 24.2. The van der Waals surface area contributed by atoms with Crippen molar-refractivity contribution < 1.29 is 9.53 Å². The standard InChI is InChI=1S/C30H32N6O2S/c1-20-18-23(14-15-24(20)32-27(37)19-38-4)36-29(28(33-30(36)39)25-8-5-6-16-31-25)26-9-7-17-35(26)22-12-10-21(11-13-22)34(2)3/h5-18,28-29H,19H2,1-4H3,(H,32,37)(H,33,39)/t28-,29+/m1/s1. The topological polar surface area (TPSA) is 74.7 Å². The number of nitrogens with zero attached hydrogens (tertiary/aromatic N) is 4. The van der Waals surface area contributed by atoms with Gasteiger partial charge in [0.25, 0.3) is 0 Å². The largest absolute Gasteiger partial charge is 0.378 e. The highest BCUT2D eigenvalue weighted by molar-refractivity contribution is 7.80. The maximum atomic E-state index is 12.1. The fourth-order valence-corrected chi connectivity index (χ4v) is 5.32. The Bertz CT molecular complexity index is 1470. The molecule has 3 heterocycles. The number of aryl methyl sites for hydroxylation is 1. The third-order valence-electron chi connectivity index (χ3n) is 6.86. The lowest BCUT2D eigenvalue weighted by Crippen LogP contribution is -2.30. The molecule has 2 aromatic heterocycles. The molecule has 2 aromatic carbocycles. The highest BCUT2D eigenvalue weighted by Gasteiger charge is 2.42. The Morgan fingerprint density at radius 2 is 1.85 bits per heavy atom. The summed E-state index contributed by atoms with van der Waals surface area (Å²) in [5, 5.41) is 7.05. The first-order valence-electron chi connectivity index (χ1n) is 12.7. The van der Waals surface area contributed by atoms with Crippen LogP contribution in [0.1, 0.15) is 29.0 Å². The molecule has 0 saturated carbocycles. The van der Waals surface area contributed by atoms with Crippen molar-refractivity contribution in [2.45, 2.75) is 19.0 Å². The maximum Gasteiger partial charge on any atom is 0.250 e. The Kier molecular flexibility index (Phi) is 7.63. The zero-order valence-electron chi connectivity index (χ0n) is 22.5. The molecule has 1 aliphatic rings. The normalized spacial score (nSPS) is 16.7. The summed E-state index contributed by atoms with van der Waals surface area (Å²) < 4.78 is 7.16. The van der Waals surface area contributed by atoms with Gasteiger partial charge in [0.2, 0.25) is 5.91 Å². The Labute approximate surface area is 234 Å². The zero-order valence-corrected chi connectivity index (χ0v) is 23.3. The molecule has 2 N–H and O–H groups in total. The van der Waals surface area contributed by atoms with Gasteiger partial charge in [-0.05, 0) is 91.4 Å². The molecule has 1 amide bonds. The van der Waals surface area contributed by atoms with Crippen LogP contribution in [0.15, 0.2) is 85.2 Å². The van der Waals surface area contributed by atoms with E-state index < -0.39 is 0 Å². The monoisotopic (exact) mass is 540 g/mol. The van der Waals surface area contributed by atoms with Crippen LogP contribution in [-0.4, -0.2) is 48.4 Å². The second-order valence-electron chi connectivity index (χ2n) is 9.69. The molecule has 0 unspecified atom stereocenters. The number of hydrogen-bond donors (Lipinski definition) is 2. The highest BCUT2D eigenvalue weighted by atomic mass is 32.1. The van der Waals surface area contributed by atoms with Gasteiger partial charge in [-0.2, -0.15) is 0 Å². The summed E-state index contributed by atoms with van der Waals surface area (Å²) in [5.74, 6) is -0.196.